The Labute approximate surface area is 202 Å². The second-order valence-electron chi connectivity index (χ2n) is 6.53. The predicted octanol–water partition coefficient (Wildman–Crippen LogP) is 5.49. The molecule has 2 aromatic carbocycles. The molecule has 178 valence electrons. The number of carbonyl (C=O) groups is 2. The van der Waals surface area contributed by atoms with E-state index in [0.29, 0.717) is 35.5 Å². The number of rotatable bonds is 11. The van der Waals surface area contributed by atoms with Gasteiger partial charge in [-0.1, -0.05) is 23.2 Å². The monoisotopic (exact) mass is 497 g/mol. The summed E-state index contributed by atoms with van der Waals surface area (Å²) in [6, 6.07) is 4.70. The summed E-state index contributed by atoms with van der Waals surface area (Å²) in [6.45, 7) is 5.60. The fourth-order valence-electron chi connectivity index (χ4n) is 2.80. The van der Waals surface area contributed by atoms with Crippen LogP contribution in [0.3, 0.4) is 0 Å². The molecule has 0 aliphatic carbocycles. The number of amides is 1. The van der Waals surface area contributed by atoms with Crippen LogP contribution in [0.15, 0.2) is 34.5 Å². The largest absolute Gasteiger partial charge is 0.494 e. The van der Waals surface area contributed by atoms with E-state index in [1.54, 1.807) is 13.0 Å². The number of nitrogens with one attached hydrogen (secondary N) is 1. The topological polar surface area (TPSA) is 108 Å². The first-order chi connectivity index (χ1) is 15.7. The van der Waals surface area contributed by atoms with Gasteiger partial charge in [0, 0.05) is 23.2 Å². The third-order valence-corrected chi connectivity index (χ3v) is 4.83. The Bertz CT molecular complexity index is 1050. The number of nitrogens with zero attached hydrogens (tertiary/aromatic N) is 2. The number of halogens is 2. The van der Waals surface area contributed by atoms with Crippen molar-refractivity contribution in [2.75, 3.05) is 32.8 Å². The average molecular weight is 498 g/mol. The Kier molecular flexibility index (Phi) is 9.74. The summed E-state index contributed by atoms with van der Waals surface area (Å²) in [5, 5.41) is 11.0. The summed E-state index contributed by atoms with van der Waals surface area (Å²) >= 11 is 12.5. The second-order valence-corrected chi connectivity index (χ2v) is 7.34. The van der Waals surface area contributed by atoms with E-state index in [4.69, 9.17) is 42.1 Å². The van der Waals surface area contributed by atoms with Gasteiger partial charge in [-0.25, -0.2) is 0 Å². The quantitative estimate of drug-likeness (QED) is 0.324. The molecule has 0 aliphatic rings. The number of carbonyl (C=O) groups excluding carboxylic acids is 2. The summed E-state index contributed by atoms with van der Waals surface area (Å²) in [5.74, 6) is 0.0750. The molecule has 2 aromatic rings. The van der Waals surface area contributed by atoms with Crippen molar-refractivity contribution in [2.45, 2.75) is 26.8 Å². The van der Waals surface area contributed by atoms with Crippen LogP contribution in [-0.2, 0) is 9.59 Å². The summed E-state index contributed by atoms with van der Waals surface area (Å²) in [7, 11) is 2.86. The molecule has 9 nitrogen and oxygen atoms in total. The molecule has 0 heterocycles. The van der Waals surface area contributed by atoms with E-state index < -0.39 is 17.7 Å². The number of ketones is 1. The van der Waals surface area contributed by atoms with Crippen LogP contribution in [0.2, 0.25) is 10.0 Å². The highest BCUT2D eigenvalue weighted by atomic mass is 35.5. The lowest BCUT2D eigenvalue weighted by Gasteiger charge is -2.15. The highest BCUT2D eigenvalue weighted by Gasteiger charge is 2.25. The highest BCUT2D eigenvalue weighted by Crippen LogP contribution is 2.40. The van der Waals surface area contributed by atoms with Crippen molar-refractivity contribution in [3.8, 4) is 23.0 Å². The van der Waals surface area contributed by atoms with Crippen molar-refractivity contribution in [3.63, 3.8) is 0 Å². The molecule has 11 heteroatoms. The zero-order valence-corrected chi connectivity index (χ0v) is 20.4. The van der Waals surface area contributed by atoms with Crippen LogP contribution in [-0.4, -0.2) is 45.2 Å². The van der Waals surface area contributed by atoms with Gasteiger partial charge in [0.15, 0.2) is 17.3 Å². The van der Waals surface area contributed by atoms with Crippen LogP contribution >= 0.6 is 23.2 Å². The fourth-order valence-corrected chi connectivity index (χ4v) is 3.21. The Balaban J connectivity index is 2.38. The standard InChI is InChI=1S/C22H25Cl2N3O6/c1-6-32-14-10-15(19(24)17(11-14)33-7-2)25-22(29)20(12(3)28)27-26-16-8-13(23)9-18(30-4)21(16)31-5/h8-11,20H,6-7H2,1-5H3,(H,25,29). The summed E-state index contributed by atoms with van der Waals surface area (Å²) in [5.41, 5.74) is 0.399. The number of hydrogen-bond donors (Lipinski definition) is 1. The van der Waals surface area contributed by atoms with E-state index in [0.717, 1.165) is 0 Å². The van der Waals surface area contributed by atoms with Gasteiger partial charge in [0.2, 0.25) is 6.04 Å². The van der Waals surface area contributed by atoms with E-state index in [-0.39, 0.29) is 22.1 Å². The Morgan fingerprint density at radius 2 is 1.70 bits per heavy atom. The number of benzene rings is 2. The van der Waals surface area contributed by atoms with E-state index in [9.17, 15) is 9.59 Å². The molecule has 0 fully saturated rings. The maximum atomic E-state index is 12.9. The lowest BCUT2D eigenvalue weighted by atomic mass is 10.2. The van der Waals surface area contributed by atoms with Gasteiger partial charge in [-0.2, -0.15) is 10.2 Å². The summed E-state index contributed by atoms with van der Waals surface area (Å²) < 4.78 is 21.5. The Morgan fingerprint density at radius 1 is 1.00 bits per heavy atom. The molecule has 33 heavy (non-hydrogen) atoms. The normalized spacial score (nSPS) is 11.7. The van der Waals surface area contributed by atoms with Gasteiger partial charge >= 0.3 is 0 Å². The van der Waals surface area contributed by atoms with Crippen LogP contribution in [0.1, 0.15) is 20.8 Å². The average Bonchev–Trinajstić information content (AvgIpc) is 2.76. The van der Waals surface area contributed by atoms with E-state index in [1.165, 1.54) is 39.3 Å². The van der Waals surface area contributed by atoms with E-state index >= 15 is 0 Å². The lowest BCUT2D eigenvalue weighted by molar-refractivity contribution is -0.126. The molecule has 0 aliphatic heterocycles. The smallest absolute Gasteiger partial charge is 0.258 e. The van der Waals surface area contributed by atoms with E-state index in [2.05, 4.69) is 15.5 Å². The maximum Gasteiger partial charge on any atom is 0.258 e. The van der Waals surface area contributed by atoms with Gasteiger partial charge in [-0.3, -0.25) is 9.59 Å². The van der Waals surface area contributed by atoms with Crippen molar-refractivity contribution >= 4 is 46.3 Å². The highest BCUT2D eigenvalue weighted by molar-refractivity contribution is 6.35. The molecule has 0 aromatic heterocycles. The molecular formula is C22H25Cl2N3O6. The summed E-state index contributed by atoms with van der Waals surface area (Å²) in [6.07, 6.45) is 0. The molecular weight excluding hydrogens is 473 g/mol. The fraction of sp³-hybridized carbons (Fsp3) is 0.364. The molecule has 1 N–H and O–H groups in total. The van der Waals surface area contributed by atoms with Crippen molar-refractivity contribution in [1.29, 1.82) is 0 Å². The van der Waals surface area contributed by atoms with Crippen LogP contribution in [0.25, 0.3) is 0 Å². The molecule has 2 rings (SSSR count). The van der Waals surface area contributed by atoms with Crippen LogP contribution < -0.4 is 24.3 Å². The molecule has 0 radical (unpaired) electrons. The summed E-state index contributed by atoms with van der Waals surface area (Å²) in [4.78, 5) is 25.1. The molecule has 1 unspecified atom stereocenters. The number of ether oxygens (including phenoxy) is 4. The number of methoxy groups -OCH3 is 2. The molecule has 0 spiro atoms. The number of Topliss-reactive ketones (excluding diaryl/α,β-unsaturated/α-hetero) is 1. The van der Waals surface area contributed by atoms with Gasteiger partial charge in [-0.05, 0) is 26.8 Å². The van der Waals surface area contributed by atoms with Gasteiger partial charge in [-0.15, -0.1) is 0 Å². The number of azo groups is 1. The third-order valence-electron chi connectivity index (χ3n) is 4.22. The van der Waals surface area contributed by atoms with Crippen molar-refractivity contribution < 1.29 is 28.5 Å². The molecule has 0 saturated heterocycles. The molecule has 0 saturated carbocycles. The second kappa shape index (κ2) is 12.3. The van der Waals surface area contributed by atoms with E-state index in [1.807, 2.05) is 6.92 Å². The van der Waals surface area contributed by atoms with Gasteiger partial charge in [0.05, 0.1) is 33.1 Å². The Morgan fingerprint density at radius 3 is 2.27 bits per heavy atom. The van der Waals surface area contributed by atoms with Gasteiger partial charge in [0.1, 0.15) is 22.2 Å². The first-order valence-electron chi connectivity index (χ1n) is 9.98. The number of hydrogen-bond acceptors (Lipinski definition) is 8. The van der Waals surface area contributed by atoms with Crippen LogP contribution in [0.5, 0.6) is 23.0 Å². The maximum absolute atomic E-state index is 12.9. The van der Waals surface area contributed by atoms with Crippen LogP contribution in [0, 0.1) is 0 Å². The van der Waals surface area contributed by atoms with Gasteiger partial charge < -0.3 is 24.3 Å². The predicted molar refractivity (Wildman–Crippen MR) is 126 cm³/mol. The molecule has 0 bridgehead atoms. The Hall–Kier alpha value is -3.04. The first kappa shape index (κ1) is 26.2. The van der Waals surface area contributed by atoms with Crippen molar-refractivity contribution in [3.05, 3.63) is 34.3 Å². The van der Waals surface area contributed by atoms with Crippen LogP contribution in [0.4, 0.5) is 11.4 Å². The zero-order valence-electron chi connectivity index (χ0n) is 18.9. The number of anilines is 1. The molecule has 1 atom stereocenters. The van der Waals surface area contributed by atoms with Crippen molar-refractivity contribution in [1.82, 2.24) is 0 Å². The third kappa shape index (κ3) is 6.72. The molecule has 1 amide bonds. The SMILES string of the molecule is CCOc1cc(NC(=O)C(N=Nc2cc(Cl)cc(OC)c2OC)C(C)=O)c(Cl)c(OCC)c1. The minimum atomic E-state index is -1.46. The van der Waals surface area contributed by atoms with Gasteiger partial charge in [0.25, 0.3) is 5.91 Å². The first-order valence-corrected chi connectivity index (χ1v) is 10.7. The lowest BCUT2D eigenvalue weighted by Crippen LogP contribution is -2.32. The van der Waals surface area contributed by atoms with Crippen molar-refractivity contribution in [2.24, 2.45) is 10.2 Å². The zero-order chi connectivity index (χ0) is 24.5. The minimum Gasteiger partial charge on any atom is -0.494 e. The minimum absolute atomic E-state index is 0.161.